The van der Waals surface area contributed by atoms with Crippen LogP contribution in [0.3, 0.4) is 0 Å². The van der Waals surface area contributed by atoms with E-state index in [1.165, 1.54) is 25.8 Å². The van der Waals surface area contributed by atoms with Gasteiger partial charge in [-0.3, -0.25) is 0 Å². The van der Waals surface area contributed by atoms with Gasteiger partial charge in [-0.1, -0.05) is 6.42 Å². The summed E-state index contributed by atoms with van der Waals surface area (Å²) < 4.78 is 5.29. The minimum atomic E-state index is 0.588. The minimum absolute atomic E-state index is 0.588. The second kappa shape index (κ2) is 6.22. The van der Waals surface area contributed by atoms with Crippen LogP contribution in [0, 0.1) is 5.92 Å². The standard InChI is InChI=1S/C14H24N2O/c1-12(16(2)11-13-5-3-6-13)9-15-10-14-7-4-8-17-14/h4,7-8,12-13,15H,3,5-6,9-11H2,1-2H3. The molecule has 1 aromatic heterocycles. The van der Waals surface area contributed by atoms with Crippen molar-refractivity contribution in [3.05, 3.63) is 24.2 Å². The SMILES string of the molecule is CC(CNCc1ccco1)N(C)CC1CCC1. The highest BCUT2D eigenvalue weighted by Gasteiger charge is 2.20. The van der Waals surface area contributed by atoms with Crippen molar-refractivity contribution in [1.29, 1.82) is 0 Å². The van der Waals surface area contributed by atoms with Gasteiger partial charge in [0.1, 0.15) is 5.76 Å². The molecule has 1 aliphatic carbocycles. The van der Waals surface area contributed by atoms with Crippen molar-refractivity contribution < 1.29 is 4.42 Å². The largest absolute Gasteiger partial charge is 0.468 e. The quantitative estimate of drug-likeness (QED) is 0.788. The van der Waals surface area contributed by atoms with E-state index in [1.807, 2.05) is 12.1 Å². The van der Waals surface area contributed by atoms with Gasteiger partial charge in [-0.25, -0.2) is 0 Å². The molecule has 0 saturated heterocycles. The molecule has 0 bridgehead atoms. The van der Waals surface area contributed by atoms with Crippen LogP contribution in [0.5, 0.6) is 0 Å². The van der Waals surface area contributed by atoms with Crippen LogP contribution in [0.15, 0.2) is 22.8 Å². The van der Waals surface area contributed by atoms with Gasteiger partial charge in [-0.05, 0) is 44.9 Å². The molecule has 0 aromatic carbocycles. The van der Waals surface area contributed by atoms with Gasteiger partial charge < -0.3 is 14.6 Å². The fraction of sp³-hybridized carbons (Fsp3) is 0.714. The molecule has 1 fully saturated rings. The first-order valence-electron chi connectivity index (χ1n) is 6.69. The first-order chi connectivity index (χ1) is 8.25. The Hall–Kier alpha value is -0.800. The third-order valence-corrected chi connectivity index (χ3v) is 3.84. The molecule has 1 N–H and O–H groups in total. The number of hydrogen-bond donors (Lipinski definition) is 1. The Morgan fingerprint density at radius 2 is 2.35 bits per heavy atom. The van der Waals surface area contributed by atoms with E-state index in [9.17, 15) is 0 Å². The summed E-state index contributed by atoms with van der Waals surface area (Å²) in [6, 6.07) is 4.53. The molecule has 3 nitrogen and oxygen atoms in total. The Kier molecular flexibility index (Phi) is 4.63. The van der Waals surface area contributed by atoms with Crippen molar-refractivity contribution in [2.24, 2.45) is 5.92 Å². The van der Waals surface area contributed by atoms with Crippen molar-refractivity contribution in [1.82, 2.24) is 10.2 Å². The summed E-state index contributed by atoms with van der Waals surface area (Å²) in [5.41, 5.74) is 0. The van der Waals surface area contributed by atoms with Gasteiger partial charge in [0.05, 0.1) is 12.8 Å². The molecule has 3 heteroatoms. The Labute approximate surface area is 104 Å². The third-order valence-electron chi connectivity index (χ3n) is 3.84. The highest BCUT2D eigenvalue weighted by atomic mass is 16.3. The van der Waals surface area contributed by atoms with Crippen LogP contribution in [-0.4, -0.2) is 31.1 Å². The van der Waals surface area contributed by atoms with E-state index in [-0.39, 0.29) is 0 Å². The number of nitrogens with zero attached hydrogens (tertiary/aromatic N) is 1. The Balaban J connectivity index is 1.60. The molecular weight excluding hydrogens is 212 g/mol. The van der Waals surface area contributed by atoms with Crippen LogP contribution in [0.1, 0.15) is 31.9 Å². The summed E-state index contributed by atoms with van der Waals surface area (Å²) in [6.07, 6.45) is 6.01. The van der Waals surface area contributed by atoms with Crippen LogP contribution >= 0.6 is 0 Å². The lowest BCUT2D eigenvalue weighted by atomic mass is 9.85. The predicted molar refractivity (Wildman–Crippen MR) is 69.8 cm³/mol. The van der Waals surface area contributed by atoms with E-state index < -0.39 is 0 Å². The molecule has 0 amide bonds. The van der Waals surface area contributed by atoms with Crippen LogP contribution < -0.4 is 5.32 Å². The van der Waals surface area contributed by atoms with Gasteiger partial charge in [-0.15, -0.1) is 0 Å². The smallest absolute Gasteiger partial charge is 0.117 e. The summed E-state index contributed by atoms with van der Waals surface area (Å²) in [6.45, 7) is 5.38. The normalized spacial score (nSPS) is 18.3. The Morgan fingerprint density at radius 3 is 2.94 bits per heavy atom. The zero-order valence-corrected chi connectivity index (χ0v) is 11.0. The second-order valence-electron chi connectivity index (χ2n) is 5.30. The molecule has 0 radical (unpaired) electrons. The Morgan fingerprint density at radius 1 is 1.53 bits per heavy atom. The second-order valence-corrected chi connectivity index (χ2v) is 5.30. The summed E-state index contributed by atoms with van der Waals surface area (Å²) in [4.78, 5) is 2.47. The van der Waals surface area contributed by atoms with E-state index in [1.54, 1.807) is 6.26 Å². The summed E-state index contributed by atoms with van der Waals surface area (Å²) in [7, 11) is 2.23. The van der Waals surface area contributed by atoms with Crippen molar-refractivity contribution in [3.63, 3.8) is 0 Å². The van der Waals surface area contributed by atoms with E-state index in [0.29, 0.717) is 6.04 Å². The molecule has 1 aromatic rings. The molecule has 0 spiro atoms. The number of rotatable bonds is 7. The van der Waals surface area contributed by atoms with Crippen molar-refractivity contribution in [3.8, 4) is 0 Å². The number of furan rings is 1. The molecule has 1 saturated carbocycles. The molecule has 1 aliphatic rings. The van der Waals surface area contributed by atoms with E-state index in [4.69, 9.17) is 4.42 Å². The van der Waals surface area contributed by atoms with Crippen molar-refractivity contribution in [2.45, 2.75) is 38.8 Å². The molecule has 1 atom stereocenters. The van der Waals surface area contributed by atoms with Crippen LogP contribution in [0.2, 0.25) is 0 Å². The lowest BCUT2D eigenvalue weighted by Crippen LogP contribution is -2.41. The highest BCUT2D eigenvalue weighted by molar-refractivity contribution is 4.97. The molecule has 0 aliphatic heterocycles. The van der Waals surface area contributed by atoms with Gasteiger partial charge in [0, 0.05) is 19.1 Å². The first kappa shape index (κ1) is 12.7. The fourth-order valence-electron chi connectivity index (χ4n) is 2.24. The van der Waals surface area contributed by atoms with Crippen molar-refractivity contribution in [2.75, 3.05) is 20.1 Å². The molecule has 96 valence electrons. The van der Waals surface area contributed by atoms with Gasteiger partial charge in [0.2, 0.25) is 0 Å². The van der Waals surface area contributed by atoms with Crippen LogP contribution in [0.4, 0.5) is 0 Å². The monoisotopic (exact) mass is 236 g/mol. The van der Waals surface area contributed by atoms with Gasteiger partial charge in [0.25, 0.3) is 0 Å². The van der Waals surface area contributed by atoms with E-state index in [2.05, 4.69) is 24.2 Å². The van der Waals surface area contributed by atoms with E-state index >= 15 is 0 Å². The summed E-state index contributed by atoms with van der Waals surface area (Å²) in [5, 5.41) is 3.44. The average molecular weight is 236 g/mol. The zero-order valence-electron chi connectivity index (χ0n) is 11.0. The molecule has 2 rings (SSSR count). The summed E-state index contributed by atoms with van der Waals surface area (Å²) >= 11 is 0. The molecule has 1 heterocycles. The van der Waals surface area contributed by atoms with E-state index in [0.717, 1.165) is 24.8 Å². The maximum atomic E-state index is 5.29. The van der Waals surface area contributed by atoms with Gasteiger partial charge in [-0.2, -0.15) is 0 Å². The number of nitrogens with one attached hydrogen (secondary N) is 1. The fourth-order valence-corrected chi connectivity index (χ4v) is 2.24. The average Bonchev–Trinajstić information content (AvgIpc) is 2.76. The van der Waals surface area contributed by atoms with Crippen LogP contribution in [0.25, 0.3) is 0 Å². The number of hydrogen-bond acceptors (Lipinski definition) is 3. The maximum absolute atomic E-state index is 5.29. The molecule has 1 unspecified atom stereocenters. The predicted octanol–water partition coefficient (Wildman–Crippen LogP) is 2.49. The first-order valence-corrected chi connectivity index (χ1v) is 6.69. The third kappa shape index (κ3) is 3.86. The minimum Gasteiger partial charge on any atom is -0.468 e. The Bertz CT molecular complexity index is 306. The summed E-state index contributed by atoms with van der Waals surface area (Å²) in [5.74, 6) is 1.96. The van der Waals surface area contributed by atoms with Gasteiger partial charge in [0.15, 0.2) is 0 Å². The lowest BCUT2D eigenvalue weighted by molar-refractivity contribution is 0.167. The maximum Gasteiger partial charge on any atom is 0.117 e. The molecule has 17 heavy (non-hydrogen) atoms. The van der Waals surface area contributed by atoms with Crippen molar-refractivity contribution >= 4 is 0 Å². The van der Waals surface area contributed by atoms with Gasteiger partial charge >= 0.3 is 0 Å². The highest BCUT2D eigenvalue weighted by Crippen LogP contribution is 2.27. The lowest BCUT2D eigenvalue weighted by Gasteiger charge is -2.33. The zero-order chi connectivity index (χ0) is 12.1. The van der Waals surface area contributed by atoms with Crippen LogP contribution in [-0.2, 0) is 6.54 Å². The molecular formula is C14H24N2O. The topological polar surface area (TPSA) is 28.4 Å². The number of likely N-dealkylation sites (N-methyl/N-ethyl adjacent to an activating group) is 1.